The van der Waals surface area contributed by atoms with Crippen molar-refractivity contribution in [3.05, 3.63) is 28.7 Å². The van der Waals surface area contributed by atoms with Crippen molar-refractivity contribution in [2.75, 3.05) is 13.2 Å². The minimum Gasteiger partial charge on any atom is -0.484 e. The molecule has 1 aliphatic carbocycles. The van der Waals surface area contributed by atoms with Gasteiger partial charge in [0.05, 0.1) is 0 Å². The van der Waals surface area contributed by atoms with Crippen LogP contribution in [0.15, 0.2) is 28.7 Å². The number of rotatable bonds is 8. The normalized spacial score (nSPS) is 16.1. The third-order valence-electron chi connectivity index (χ3n) is 4.52. The molecule has 25 heavy (non-hydrogen) atoms. The number of unbranched alkanes of at least 4 members (excludes halogenated alkanes) is 1. The quantitative estimate of drug-likeness (QED) is 0.643. The summed E-state index contributed by atoms with van der Waals surface area (Å²) in [6.45, 7) is 2.65. The molecular formula is C19H27BrN2O3. The zero-order chi connectivity index (χ0) is 18.1. The average molecular weight is 411 g/mol. The van der Waals surface area contributed by atoms with Crippen LogP contribution in [0.1, 0.15) is 51.9 Å². The van der Waals surface area contributed by atoms with Crippen molar-refractivity contribution in [2.24, 2.45) is 0 Å². The van der Waals surface area contributed by atoms with Crippen LogP contribution in [0.25, 0.3) is 0 Å². The van der Waals surface area contributed by atoms with E-state index in [0.717, 1.165) is 36.6 Å². The lowest BCUT2D eigenvalue weighted by molar-refractivity contribution is -0.135. The zero-order valence-electron chi connectivity index (χ0n) is 14.8. The van der Waals surface area contributed by atoms with Crippen LogP contribution < -0.4 is 15.4 Å². The molecule has 138 valence electrons. The first-order valence-corrected chi connectivity index (χ1v) is 9.83. The van der Waals surface area contributed by atoms with Gasteiger partial charge in [-0.15, -0.1) is 0 Å². The van der Waals surface area contributed by atoms with Gasteiger partial charge in [0.25, 0.3) is 5.91 Å². The number of carbonyl (C=O) groups is 2. The van der Waals surface area contributed by atoms with E-state index in [-0.39, 0.29) is 18.4 Å². The average Bonchev–Trinajstić information content (AvgIpc) is 2.62. The molecule has 6 heteroatoms. The third kappa shape index (κ3) is 6.03. The minimum absolute atomic E-state index is 0.0577. The second-order valence-corrected chi connectivity index (χ2v) is 7.46. The van der Waals surface area contributed by atoms with E-state index in [2.05, 4.69) is 33.5 Å². The molecule has 0 saturated heterocycles. The van der Waals surface area contributed by atoms with Gasteiger partial charge in [-0.1, -0.05) is 48.5 Å². The molecule has 2 amide bonds. The molecular weight excluding hydrogens is 384 g/mol. The highest BCUT2D eigenvalue weighted by molar-refractivity contribution is 9.10. The number of hydrogen-bond donors (Lipinski definition) is 2. The Labute approximate surface area is 158 Å². The van der Waals surface area contributed by atoms with Crippen LogP contribution >= 0.6 is 15.9 Å². The van der Waals surface area contributed by atoms with E-state index in [1.54, 1.807) is 12.1 Å². The van der Waals surface area contributed by atoms with Crippen molar-refractivity contribution >= 4 is 27.7 Å². The summed E-state index contributed by atoms with van der Waals surface area (Å²) in [5, 5.41) is 5.94. The molecule has 5 nitrogen and oxygen atoms in total. The standard InChI is InChI=1S/C19H27BrN2O3/c1-2-3-13-21-18(24)19(11-5-4-6-12-19)22-17(23)14-25-16-9-7-15(20)8-10-16/h7-10H,2-6,11-14H2,1H3,(H,21,24)(H,22,23). The van der Waals surface area contributed by atoms with Crippen LogP contribution in [0, 0.1) is 0 Å². The minimum atomic E-state index is -0.786. The Kier molecular flexibility index (Phi) is 7.75. The second-order valence-electron chi connectivity index (χ2n) is 6.54. The maximum atomic E-state index is 12.7. The van der Waals surface area contributed by atoms with Gasteiger partial charge in [0, 0.05) is 11.0 Å². The van der Waals surface area contributed by atoms with Gasteiger partial charge in [-0.25, -0.2) is 0 Å². The van der Waals surface area contributed by atoms with Gasteiger partial charge in [-0.3, -0.25) is 9.59 Å². The highest BCUT2D eigenvalue weighted by Crippen LogP contribution is 2.28. The van der Waals surface area contributed by atoms with Crippen LogP contribution in [0.2, 0.25) is 0 Å². The summed E-state index contributed by atoms with van der Waals surface area (Å²) in [6, 6.07) is 7.31. The lowest BCUT2D eigenvalue weighted by atomic mass is 9.80. The van der Waals surface area contributed by atoms with E-state index in [4.69, 9.17) is 4.74 Å². The Morgan fingerprint density at radius 1 is 1.16 bits per heavy atom. The molecule has 1 aromatic carbocycles. The van der Waals surface area contributed by atoms with Crippen LogP contribution in [0.3, 0.4) is 0 Å². The summed E-state index contributed by atoms with van der Waals surface area (Å²) >= 11 is 3.36. The van der Waals surface area contributed by atoms with Crippen LogP contribution in [-0.4, -0.2) is 30.5 Å². The summed E-state index contributed by atoms with van der Waals surface area (Å²) in [4.78, 5) is 25.0. The van der Waals surface area contributed by atoms with Crippen molar-refractivity contribution in [3.63, 3.8) is 0 Å². The Morgan fingerprint density at radius 2 is 1.84 bits per heavy atom. The van der Waals surface area contributed by atoms with E-state index in [0.29, 0.717) is 25.1 Å². The summed E-state index contributed by atoms with van der Waals surface area (Å²) in [7, 11) is 0. The summed E-state index contributed by atoms with van der Waals surface area (Å²) < 4.78 is 6.48. The van der Waals surface area contributed by atoms with Gasteiger partial charge < -0.3 is 15.4 Å². The van der Waals surface area contributed by atoms with Gasteiger partial charge in [-0.05, 0) is 43.5 Å². The highest BCUT2D eigenvalue weighted by Gasteiger charge is 2.40. The maximum Gasteiger partial charge on any atom is 0.258 e. The number of benzene rings is 1. The van der Waals surface area contributed by atoms with Crippen LogP contribution in [0.5, 0.6) is 5.75 Å². The van der Waals surface area contributed by atoms with E-state index in [9.17, 15) is 9.59 Å². The Hall–Kier alpha value is -1.56. The van der Waals surface area contributed by atoms with Crippen molar-refractivity contribution in [1.29, 1.82) is 0 Å². The molecule has 2 N–H and O–H groups in total. The molecule has 1 aliphatic rings. The molecule has 0 unspecified atom stereocenters. The smallest absolute Gasteiger partial charge is 0.258 e. The molecule has 2 rings (SSSR count). The SMILES string of the molecule is CCCCNC(=O)C1(NC(=O)COc2ccc(Br)cc2)CCCCC1. The number of hydrogen-bond acceptors (Lipinski definition) is 3. The molecule has 0 bridgehead atoms. The lowest BCUT2D eigenvalue weighted by Gasteiger charge is -2.36. The van der Waals surface area contributed by atoms with Gasteiger partial charge in [0.15, 0.2) is 6.61 Å². The Balaban J connectivity index is 1.92. The number of halogens is 1. The topological polar surface area (TPSA) is 67.4 Å². The first-order chi connectivity index (χ1) is 12.1. The maximum absolute atomic E-state index is 12.7. The van der Waals surface area contributed by atoms with Crippen LogP contribution in [-0.2, 0) is 9.59 Å². The fourth-order valence-electron chi connectivity index (χ4n) is 3.09. The predicted octanol–water partition coefficient (Wildman–Crippen LogP) is 3.56. The van der Waals surface area contributed by atoms with E-state index < -0.39 is 5.54 Å². The number of amides is 2. The van der Waals surface area contributed by atoms with Crippen molar-refractivity contribution in [2.45, 2.75) is 57.4 Å². The van der Waals surface area contributed by atoms with Crippen molar-refractivity contribution in [3.8, 4) is 5.75 Å². The van der Waals surface area contributed by atoms with Gasteiger partial charge >= 0.3 is 0 Å². The van der Waals surface area contributed by atoms with E-state index in [1.807, 2.05) is 12.1 Å². The van der Waals surface area contributed by atoms with Crippen LogP contribution in [0.4, 0.5) is 0 Å². The molecule has 1 saturated carbocycles. The Bertz CT molecular complexity index is 569. The fourth-order valence-corrected chi connectivity index (χ4v) is 3.36. The fraction of sp³-hybridized carbons (Fsp3) is 0.579. The van der Waals surface area contributed by atoms with Gasteiger partial charge in [0.1, 0.15) is 11.3 Å². The van der Waals surface area contributed by atoms with E-state index >= 15 is 0 Å². The van der Waals surface area contributed by atoms with Gasteiger partial charge in [0.2, 0.25) is 5.91 Å². The molecule has 1 fully saturated rings. The largest absolute Gasteiger partial charge is 0.484 e. The molecule has 0 aromatic heterocycles. The molecule has 0 atom stereocenters. The molecule has 0 aliphatic heterocycles. The predicted molar refractivity (Wildman–Crippen MR) is 102 cm³/mol. The summed E-state index contributed by atoms with van der Waals surface area (Å²) in [5.74, 6) is 0.316. The molecule has 0 radical (unpaired) electrons. The summed E-state index contributed by atoms with van der Waals surface area (Å²) in [6.07, 6.45) is 6.37. The highest BCUT2D eigenvalue weighted by atomic mass is 79.9. The second kappa shape index (κ2) is 9.80. The summed E-state index contributed by atoms with van der Waals surface area (Å²) in [5.41, 5.74) is -0.786. The van der Waals surface area contributed by atoms with Crippen molar-refractivity contribution < 1.29 is 14.3 Å². The first kappa shape index (κ1) is 19.8. The van der Waals surface area contributed by atoms with Gasteiger partial charge in [-0.2, -0.15) is 0 Å². The molecule has 1 aromatic rings. The first-order valence-electron chi connectivity index (χ1n) is 9.03. The number of carbonyl (C=O) groups excluding carboxylic acids is 2. The third-order valence-corrected chi connectivity index (χ3v) is 5.05. The molecule has 0 spiro atoms. The number of ether oxygens (including phenoxy) is 1. The monoisotopic (exact) mass is 410 g/mol. The number of nitrogens with one attached hydrogen (secondary N) is 2. The van der Waals surface area contributed by atoms with E-state index in [1.165, 1.54) is 0 Å². The lowest BCUT2D eigenvalue weighted by Crippen LogP contribution is -2.60. The Morgan fingerprint density at radius 3 is 2.48 bits per heavy atom. The zero-order valence-corrected chi connectivity index (χ0v) is 16.4. The molecule has 0 heterocycles. The van der Waals surface area contributed by atoms with Crippen molar-refractivity contribution in [1.82, 2.24) is 10.6 Å².